The molecule has 4 amide bonds. The predicted molar refractivity (Wildman–Crippen MR) is 186 cm³/mol. The SMILES string of the molecule is CCCCCN(C(=O)C(CCC(N)=O)NC(=O)OC(C)(C)C)C(C(=O)NC(Cc1ccccc1)C(=O)OC(C)(C)C)c1cccc(C)c1O. The molecular weight excluding hydrogens is 628 g/mol. The summed E-state index contributed by atoms with van der Waals surface area (Å²) >= 11 is 0. The smallest absolute Gasteiger partial charge is 0.408 e. The highest BCUT2D eigenvalue weighted by molar-refractivity contribution is 5.94. The Morgan fingerprint density at radius 1 is 0.857 bits per heavy atom. The van der Waals surface area contributed by atoms with Crippen LogP contribution in [0.3, 0.4) is 0 Å². The van der Waals surface area contributed by atoms with Crippen LogP contribution in [0.25, 0.3) is 0 Å². The van der Waals surface area contributed by atoms with Crippen LogP contribution in [0, 0.1) is 6.92 Å². The van der Waals surface area contributed by atoms with Gasteiger partial charge in [0.2, 0.25) is 17.7 Å². The summed E-state index contributed by atoms with van der Waals surface area (Å²) in [4.78, 5) is 68.6. The van der Waals surface area contributed by atoms with Gasteiger partial charge >= 0.3 is 12.1 Å². The number of unbranched alkanes of at least 4 members (excludes halogenated alkanes) is 2. The van der Waals surface area contributed by atoms with E-state index >= 15 is 0 Å². The molecule has 2 aromatic carbocycles. The first kappa shape index (κ1) is 40.6. The third-order valence-corrected chi connectivity index (χ3v) is 7.37. The van der Waals surface area contributed by atoms with Gasteiger partial charge in [0.25, 0.3) is 0 Å². The molecule has 49 heavy (non-hydrogen) atoms. The Bertz CT molecular complexity index is 1430. The Labute approximate surface area is 290 Å². The fourth-order valence-corrected chi connectivity index (χ4v) is 5.11. The number of hydrogen-bond acceptors (Lipinski definition) is 8. The zero-order chi connectivity index (χ0) is 36.9. The van der Waals surface area contributed by atoms with E-state index in [4.69, 9.17) is 15.2 Å². The number of aryl methyl sites for hydroxylation is 1. The molecule has 0 radical (unpaired) electrons. The normalized spacial score (nSPS) is 13.4. The lowest BCUT2D eigenvalue weighted by Gasteiger charge is -2.35. The van der Waals surface area contributed by atoms with E-state index in [-0.39, 0.29) is 37.1 Å². The maximum absolute atomic E-state index is 14.5. The van der Waals surface area contributed by atoms with Crippen molar-refractivity contribution in [2.75, 3.05) is 6.54 Å². The van der Waals surface area contributed by atoms with Gasteiger partial charge in [-0.3, -0.25) is 14.4 Å². The third kappa shape index (κ3) is 13.8. The minimum Gasteiger partial charge on any atom is -0.507 e. The van der Waals surface area contributed by atoms with Crippen molar-refractivity contribution >= 4 is 29.8 Å². The highest BCUT2D eigenvalue weighted by Crippen LogP contribution is 2.33. The van der Waals surface area contributed by atoms with E-state index in [1.807, 2.05) is 37.3 Å². The third-order valence-electron chi connectivity index (χ3n) is 7.37. The number of primary amides is 1. The molecule has 0 saturated heterocycles. The van der Waals surface area contributed by atoms with Crippen molar-refractivity contribution in [2.45, 2.75) is 123 Å². The van der Waals surface area contributed by atoms with Crippen LogP contribution >= 0.6 is 0 Å². The molecule has 3 unspecified atom stereocenters. The van der Waals surface area contributed by atoms with Gasteiger partial charge < -0.3 is 35.8 Å². The van der Waals surface area contributed by atoms with Gasteiger partial charge in [0.1, 0.15) is 35.1 Å². The molecule has 0 aliphatic rings. The average molecular weight is 683 g/mol. The summed E-state index contributed by atoms with van der Waals surface area (Å²) in [6.45, 7) is 13.9. The number of para-hydroxylation sites is 1. The van der Waals surface area contributed by atoms with Crippen LogP contribution in [0.4, 0.5) is 4.79 Å². The van der Waals surface area contributed by atoms with Crippen molar-refractivity contribution in [1.82, 2.24) is 15.5 Å². The maximum atomic E-state index is 14.5. The van der Waals surface area contributed by atoms with Gasteiger partial charge in [0.15, 0.2) is 0 Å². The number of nitrogens with zero attached hydrogens (tertiary/aromatic N) is 1. The van der Waals surface area contributed by atoms with Gasteiger partial charge in [-0.15, -0.1) is 0 Å². The van der Waals surface area contributed by atoms with Crippen LogP contribution in [-0.4, -0.2) is 69.6 Å². The zero-order valence-corrected chi connectivity index (χ0v) is 30.1. The second kappa shape index (κ2) is 18.2. The topological polar surface area (TPSA) is 177 Å². The van der Waals surface area contributed by atoms with Crippen molar-refractivity contribution in [2.24, 2.45) is 5.73 Å². The molecule has 3 atom stereocenters. The summed E-state index contributed by atoms with van der Waals surface area (Å²) in [6, 6.07) is 10.0. The Morgan fingerprint density at radius 2 is 1.49 bits per heavy atom. The monoisotopic (exact) mass is 682 g/mol. The molecule has 12 heteroatoms. The van der Waals surface area contributed by atoms with Gasteiger partial charge in [-0.1, -0.05) is 68.3 Å². The molecule has 5 N–H and O–H groups in total. The number of nitrogens with one attached hydrogen (secondary N) is 2. The van der Waals surface area contributed by atoms with Crippen molar-refractivity contribution in [3.8, 4) is 5.75 Å². The number of benzene rings is 2. The number of ether oxygens (including phenoxy) is 2. The number of carbonyl (C=O) groups is 5. The van der Waals surface area contributed by atoms with E-state index < -0.39 is 59.1 Å². The standard InChI is InChI=1S/C37H54N4O8/c1-9-10-14-22-41(33(45)27(20-21-29(38)42)40-35(47)49-37(6,7)8)30(26-19-15-16-24(2)31(26)43)32(44)39-28(34(46)48-36(3,4)5)23-25-17-12-11-13-18-25/h11-13,15-19,27-28,30,43H,9-10,14,20-23H2,1-8H3,(H2,38,42)(H,39,44)(H,40,47). The minimum absolute atomic E-state index is 0.0526. The first-order valence-corrected chi connectivity index (χ1v) is 16.8. The van der Waals surface area contributed by atoms with E-state index in [0.717, 1.165) is 12.0 Å². The number of hydrogen-bond donors (Lipinski definition) is 4. The quantitative estimate of drug-likeness (QED) is 0.141. The number of phenolic OH excluding ortho intramolecular Hbond substituents is 1. The summed E-state index contributed by atoms with van der Waals surface area (Å²) in [7, 11) is 0. The van der Waals surface area contributed by atoms with Crippen LogP contribution in [0.15, 0.2) is 48.5 Å². The predicted octanol–water partition coefficient (Wildman–Crippen LogP) is 4.99. The highest BCUT2D eigenvalue weighted by atomic mass is 16.6. The maximum Gasteiger partial charge on any atom is 0.408 e. The second-order valence-corrected chi connectivity index (χ2v) is 14.1. The van der Waals surface area contributed by atoms with Gasteiger partial charge in [-0.25, -0.2) is 9.59 Å². The molecule has 0 spiro atoms. The van der Waals surface area contributed by atoms with Crippen molar-refractivity contribution in [1.29, 1.82) is 0 Å². The summed E-state index contributed by atoms with van der Waals surface area (Å²) in [6.07, 6.45) is 0.786. The van der Waals surface area contributed by atoms with Crippen molar-refractivity contribution < 1.29 is 38.6 Å². The van der Waals surface area contributed by atoms with Crippen LogP contribution in [0.1, 0.15) is 103 Å². The molecule has 12 nitrogen and oxygen atoms in total. The largest absolute Gasteiger partial charge is 0.507 e. The number of rotatable bonds is 16. The summed E-state index contributed by atoms with van der Waals surface area (Å²) in [5.41, 5.74) is 5.03. The molecule has 0 bridgehead atoms. The fraction of sp³-hybridized carbons (Fsp3) is 0.541. The first-order chi connectivity index (χ1) is 22.8. The molecule has 0 aromatic heterocycles. The molecule has 2 aromatic rings. The van der Waals surface area contributed by atoms with Gasteiger partial charge in [0, 0.05) is 24.9 Å². The lowest BCUT2D eigenvalue weighted by molar-refractivity contribution is -0.159. The Hall–Kier alpha value is -4.61. The first-order valence-electron chi connectivity index (χ1n) is 16.8. The van der Waals surface area contributed by atoms with E-state index in [9.17, 15) is 29.1 Å². The van der Waals surface area contributed by atoms with Crippen molar-refractivity contribution in [3.63, 3.8) is 0 Å². The minimum atomic E-state index is -1.44. The molecule has 2 rings (SSSR count). The van der Waals surface area contributed by atoms with E-state index in [0.29, 0.717) is 18.4 Å². The van der Waals surface area contributed by atoms with Crippen molar-refractivity contribution in [3.05, 3.63) is 65.2 Å². The molecule has 0 heterocycles. The molecular formula is C37H54N4O8. The van der Waals surface area contributed by atoms with E-state index in [1.165, 1.54) is 11.0 Å². The Kier molecular flexibility index (Phi) is 15.1. The highest BCUT2D eigenvalue weighted by Gasteiger charge is 2.39. The molecule has 0 aliphatic carbocycles. The Balaban J connectivity index is 2.69. The number of phenols is 1. The second-order valence-electron chi connectivity index (χ2n) is 14.1. The van der Waals surface area contributed by atoms with Gasteiger partial charge in [-0.05, 0) is 72.4 Å². The molecule has 0 saturated carbocycles. The number of nitrogens with two attached hydrogens (primary N) is 1. The number of aromatic hydroxyl groups is 1. The lowest BCUT2D eigenvalue weighted by Crippen LogP contribution is -2.55. The number of esters is 1. The summed E-state index contributed by atoms with van der Waals surface area (Å²) < 4.78 is 11.1. The van der Waals surface area contributed by atoms with E-state index in [1.54, 1.807) is 60.6 Å². The van der Waals surface area contributed by atoms with E-state index in [2.05, 4.69) is 10.6 Å². The fourth-order valence-electron chi connectivity index (χ4n) is 5.11. The number of carbonyl (C=O) groups excluding carboxylic acids is 5. The molecule has 0 aliphatic heterocycles. The van der Waals surface area contributed by atoms with Crippen LogP contribution in [0.5, 0.6) is 5.75 Å². The van der Waals surface area contributed by atoms with Crippen LogP contribution < -0.4 is 16.4 Å². The Morgan fingerprint density at radius 3 is 2.06 bits per heavy atom. The van der Waals surface area contributed by atoms with Crippen LogP contribution in [0.2, 0.25) is 0 Å². The molecule has 0 fully saturated rings. The average Bonchev–Trinajstić information content (AvgIpc) is 2.98. The van der Waals surface area contributed by atoms with Gasteiger partial charge in [-0.2, -0.15) is 0 Å². The van der Waals surface area contributed by atoms with Gasteiger partial charge in [0.05, 0.1) is 0 Å². The summed E-state index contributed by atoms with van der Waals surface area (Å²) in [5, 5.41) is 16.7. The number of alkyl carbamates (subject to hydrolysis) is 1. The zero-order valence-electron chi connectivity index (χ0n) is 30.1. The number of amides is 4. The molecule has 270 valence electrons. The van der Waals surface area contributed by atoms with Crippen LogP contribution in [-0.2, 0) is 35.1 Å². The lowest BCUT2D eigenvalue weighted by atomic mass is 9.97. The summed E-state index contributed by atoms with van der Waals surface area (Å²) in [5.74, 6) is -3.01.